The lowest BCUT2D eigenvalue weighted by Gasteiger charge is -2.22. The first-order chi connectivity index (χ1) is 12.7. The molecule has 3 aromatic rings. The minimum Gasteiger partial charge on any atom is -0.507 e. The zero-order valence-corrected chi connectivity index (χ0v) is 14.4. The van der Waals surface area contributed by atoms with Crippen molar-refractivity contribution in [2.75, 3.05) is 6.54 Å². The largest absolute Gasteiger partial charge is 0.507 e. The van der Waals surface area contributed by atoms with Crippen LogP contribution >= 0.6 is 0 Å². The molecular formula is C20H20N4O2. The van der Waals surface area contributed by atoms with Crippen LogP contribution in [0.4, 0.5) is 0 Å². The summed E-state index contributed by atoms with van der Waals surface area (Å²) in [4.78, 5) is 17.2. The van der Waals surface area contributed by atoms with E-state index in [4.69, 9.17) is 0 Å². The van der Waals surface area contributed by atoms with Gasteiger partial charge in [0.2, 0.25) is 5.91 Å². The number of aromatic amines is 1. The minimum atomic E-state index is -0.00904. The smallest absolute Gasteiger partial charge is 0.246 e. The molecule has 0 saturated carbocycles. The van der Waals surface area contributed by atoms with Crippen LogP contribution in [-0.2, 0) is 11.2 Å². The fraction of sp³-hybridized carbons (Fsp3) is 0.250. The van der Waals surface area contributed by atoms with Crippen LogP contribution < -0.4 is 0 Å². The van der Waals surface area contributed by atoms with Gasteiger partial charge in [-0.2, -0.15) is 0 Å². The lowest BCUT2D eigenvalue weighted by molar-refractivity contribution is -0.126. The van der Waals surface area contributed by atoms with Gasteiger partial charge in [0.1, 0.15) is 5.75 Å². The summed E-state index contributed by atoms with van der Waals surface area (Å²) in [5, 5.41) is 19.4. The molecule has 0 unspecified atom stereocenters. The number of aromatic hydroxyl groups is 1. The molecule has 2 N–H and O–H groups in total. The van der Waals surface area contributed by atoms with Crippen LogP contribution in [-0.4, -0.2) is 43.7 Å². The number of para-hydroxylation sites is 1. The number of carbonyl (C=O) groups excluding carboxylic acids is 1. The number of amides is 1. The van der Waals surface area contributed by atoms with Gasteiger partial charge >= 0.3 is 0 Å². The van der Waals surface area contributed by atoms with Gasteiger partial charge in [0.05, 0.1) is 5.69 Å². The van der Waals surface area contributed by atoms with Crippen molar-refractivity contribution in [3.63, 3.8) is 0 Å². The number of carbonyl (C=O) groups is 1. The number of nitrogens with zero attached hydrogens (tertiary/aromatic N) is 3. The van der Waals surface area contributed by atoms with Gasteiger partial charge < -0.3 is 15.0 Å². The van der Waals surface area contributed by atoms with Gasteiger partial charge in [-0.3, -0.25) is 4.79 Å². The van der Waals surface area contributed by atoms with Gasteiger partial charge in [-0.15, -0.1) is 10.2 Å². The molecule has 3 heterocycles. The van der Waals surface area contributed by atoms with E-state index in [9.17, 15) is 9.90 Å². The van der Waals surface area contributed by atoms with Gasteiger partial charge in [0.25, 0.3) is 0 Å². The molecule has 6 heteroatoms. The second kappa shape index (κ2) is 6.63. The molecule has 1 saturated heterocycles. The number of likely N-dealkylation sites (tertiary alicyclic amines) is 1. The predicted octanol–water partition coefficient (Wildman–Crippen LogP) is 3.05. The summed E-state index contributed by atoms with van der Waals surface area (Å²) in [6, 6.07) is 11.2. The number of rotatable bonds is 4. The van der Waals surface area contributed by atoms with Crippen molar-refractivity contribution in [1.29, 1.82) is 0 Å². The average Bonchev–Trinajstić information content (AvgIpc) is 3.27. The summed E-state index contributed by atoms with van der Waals surface area (Å²) in [5.41, 5.74) is 3.02. The molecule has 0 radical (unpaired) electrons. The molecule has 0 bridgehead atoms. The summed E-state index contributed by atoms with van der Waals surface area (Å²) >= 11 is 0. The molecular weight excluding hydrogens is 328 g/mol. The molecule has 1 aromatic carbocycles. The minimum absolute atomic E-state index is 0.00904. The van der Waals surface area contributed by atoms with Gasteiger partial charge in [-0.25, -0.2) is 0 Å². The second-order valence-corrected chi connectivity index (χ2v) is 6.58. The van der Waals surface area contributed by atoms with Gasteiger partial charge in [0.15, 0.2) is 5.65 Å². The summed E-state index contributed by atoms with van der Waals surface area (Å²) in [6.45, 7) is 4.37. The Hall–Kier alpha value is -3.15. The van der Waals surface area contributed by atoms with E-state index in [1.807, 2.05) is 29.2 Å². The van der Waals surface area contributed by atoms with E-state index in [2.05, 4.69) is 21.8 Å². The van der Waals surface area contributed by atoms with E-state index in [1.54, 1.807) is 12.1 Å². The van der Waals surface area contributed by atoms with Crippen LogP contribution in [0.1, 0.15) is 18.5 Å². The molecule has 132 valence electrons. The monoisotopic (exact) mass is 348 g/mol. The number of hydrogen-bond acceptors (Lipinski definition) is 4. The van der Waals surface area contributed by atoms with Crippen molar-refractivity contribution in [1.82, 2.24) is 20.1 Å². The highest BCUT2D eigenvalue weighted by Gasteiger charge is 2.27. The van der Waals surface area contributed by atoms with E-state index >= 15 is 0 Å². The predicted molar refractivity (Wildman–Crippen MR) is 99.6 cm³/mol. The maximum atomic E-state index is 12.0. The first-order valence-electron chi connectivity index (χ1n) is 8.72. The first-order valence-corrected chi connectivity index (χ1v) is 8.72. The van der Waals surface area contributed by atoms with Crippen molar-refractivity contribution in [3.8, 4) is 17.0 Å². The summed E-state index contributed by atoms with van der Waals surface area (Å²) in [7, 11) is 0. The van der Waals surface area contributed by atoms with Crippen LogP contribution in [0, 0.1) is 0 Å². The van der Waals surface area contributed by atoms with Crippen LogP contribution in [0.5, 0.6) is 5.75 Å². The molecule has 4 rings (SSSR count). The molecule has 0 spiro atoms. The number of aromatic nitrogens is 3. The highest BCUT2D eigenvalue weighted by Crippen LogP contribution is 2.29. The maximum absolute atomic E-state index is 12.0. The lowest BCUT2D eigenvalue weighted by Crippen LogP contribution is -2.35. The second-order valence-electron chi connectivity index (χ2n) is 6.58. The lowest BCUT2D eigenvalue weighted by atomic mass is 10.1. The number of fused-ring (bicyclic) bond motifs is 1. The molecule has 6 nitrogen and oxygen atoms in total. The Balaban J connectivity index is 1.61. The number of benzene rings is 1. The molecule has 1 amide bonds. The molecule has 1 atom stereocenters. The fourth-order valence-electron chi connectivity index (χ4n) is 3.63. The first kappa shape index (κ1) is 16.3. The van der Waals surface area contributed by atoms with Crippen molar-refractivity contribution in [2.24, 2.45) is 0 Å². The van der Waals surface area contributed by atoms with Gasteiger partial charge in [-0.1, -0.05) is 18.7 Å². The van der Waals surface area contributed by atoms with E-state index in [-0.39, 0.29) is 17.7 Å². The van der Waals surface area contributed by atoms with E-state index in [1.165, 1.54) is 6.08 Å². The Morgan fingerprint density at radius 2 is 2.19 bits per heavy atom. The Morgan fingerprint density at radius 1 is 1.35 bits per heavy atom. The Morgan fingerprint density at radius 3 is 3.00 bits per heavy atom. The highest BCUT2D eigenvalue weighted by atomic mass is 16.3. The van der Waals surface area contributed by atoms with Crippen molar-refractivity contribution >= 4 is 16.9 Å². The zero-order chi connectivity index (χ0) is 18.1. The van der Waals surface area contributed by atoms with Crippen molar-refractivity contribution < 1.29 is 9.90 Å². The third-order valence-electron chi connectivity index (χ3n) is 4.90. The number of H-pyrrole nitrogens is 1. The number of phenolic OH excluding ortho intramolecular Hbond substituents is 1. The average molecular weight is 348 g/mol. The van der Waals surface area contributed by atoms with Crippen LogP contribution in [0.2, 0.25) is 0 Å². The third-order valence-corrected chi connectivity index (χ3v) is 4.90. The normalized spacial score (nSPS) is 16.9. The van der Waals surface area contributed by atoms with Crippen LogP contribution in [0.3, 0.4) is 0 Å². The topological polar surface area (TPSA) is 82.1 Å². The SMILES string of the molecule is C=CC(=O)N1CCC[C@H]1Cc1cc2cc(-c3ccccc3O)nnc2[nH]1. The molecule has 0 aliphatic carbocycles. The van der Waals surface area contributed by atoms with Crippen LogP contribution in [0.25, 0.3) is 22.3 Å². The number of nitrogens with one attached hydrogen (secondary N) is 1. The Bertz CT molecular complexity index is 979. The third kappa shape index (κ3) is 2.94. The van der Waals surface area contributed by atoms with Crippen molar-refractivity contribution in [3.05, 3.63) is 54.7 Å². The summed E-state index contributed by atoms with van der Waals surface area (Å²) in [6.07, 6.45) is 4.14. The molecule has 1 aliphatic rings. The number of phenols is 1. The number of hydrogen-bond donors (Lipinski definition) is 2. The standard InChI is InChI=1S/C20H20N4O2/c1-2-19(26)24-9-5-6-15(24)12-14-10-13-11-17(22-23-20(13)21-14)16-7-3-4-8-18(16)25/h2-4,7-8,10-11,15,25H,1,5-6,9,12H2,(H,21,23)/t15-/m0/s1. The zero-order valence-electron chi connectivity index (χ0n) is 14.4. The Kier molecular flexibility index (Phi) is 4.16. The molecule has 2 aromatic heterocycles. The molecule has 26 heavy (non-hydrogen) atoms. The molecule has 1 aliphatic heterocycles. The van der Waals surface area contributed by atoms with Crippen LogP contribution in [0.15, 0.2) is 49.1 Å². The quantitative estimate of drug-likeness (QED) is 0.710. The van der Waals surface area contributed by atoms with Gasteiger partial charge in [0, 0.05) is 35.7 Å². The van der Waals surface area contributed by atoms with Crippen molar-refractivity contribution in [2.45, 2.75) is 25.3 Å². The Labute approximate surface area is 151 Å². The summed E-state index contributed by atoms with van der Waals surface area (Å²) in [5.74, 6) is 0.173. The highest BCUT2D eigenvalue weighted by molar-refractivity contribution is 5.87. The van der Waals surface area contributed by atoms with E-state index < -0.39 is 0 Å². The summed E-state index contributed by atoms with van der Waals surface area (Å²) < 4.78 is 0. The molecule has 1 fully saturated rings. The van der Waals surface area contributed by atoms with Gasteiger partial charge in [-0.05, 0) is 43.2 Å². The maximum Gasteiger partial charge on any atom is 0.246 e. The van der Waals surface area contributed by atoms with E-state index in [0.29, 0.717) is 16.9 Å². The fourth-order valence-corrected chi connectivity index (χ4v) is 3.63. The van der Waals surface area contributed by atoms with E-state index in [0.717, 1.165) is 36.9 Å².